The van der Waals surface area contributed by atoms with Crippen molar-refractivity contribution in [1.29, 1.82) is 0 Å². The van der Waals surface area contributed by atoms with Crippen LogP contribution in [0.4, 0.5) is 5.95 Å². The highest BCUT2D eigenvalue weighted by Crippen LogP contribution is 2.26. The van der Waals surface area contributed by atoms with Crippen molar-refractivity contribution in [2.45, 2.75) is 51.7 Å². The molecule has 1 saturated carbocycles. The van der Waals surface area contributed by atoms with Crippen molar-refractivity contribution >= 4 is 17.6 Å². The third-order valence-electron chi connectivity index (χ3n) is 4.01. The minimum atomic E-state index is -0.519. The molecule has 2 aromatic heterocycles. The molecule has 2 heterocycles. The maximum atomic E-state index is 12.2. The number of fused-ring (bicyclic) bond motifs is 1. The van der Waals surface area contributed by atoms with Crippen LogP contribution in [0.5, 0.6) is 0 Å². The molecule has 0 aromatic carbocycles. The zero-order valence-electron chi connectivity index (χ0n) is 12.9. The molecule has 0 aliphatic heterocycles. The number of nitrogens with zero attached hydrogens (tertiary/aromatic N) is 4. The van der Waals surface area contributed by atoms with Gasteiger partial charge in [-0.1, -0.05) is 19.8 Å². The van der Waals surface area contributed by atoms with Crippen molar-refractivity contribution < 1.29 is 9.53 Å². The van der Waals surface area contributed by atoms with E-state index in [0.717, 1.165) is 12.8 Å². The first kappa shape index (κ1) is 14.9. The number of nitrogens with one attached hydrogen (secondary N) is 1. The largest absolute Gasteiger partial charge is 0.365 e. The Morgan fingerprint density at radius 2 is 2.36 bits per heavy atom. The van der Waals surface area contributed by atoms with Crippen LogP contribution in [0.3, 0.4) is 0 Å². The van der Waals surface area contributed by atoms with Gasteiger partial charge in [-0.3, -0.25) is 10.1 Å². The van der Waals surface area contributed by atoms with Gasteiger partial charge >= 0.3 is 0 Å². The summed E-state index contributed by atoms with van der Waals surface area (Å²) in [5, 5.41) is 6.83. The van der Waals surface area contributed by atoms with E-state index in [-0.39, 0.29) is 18.0 Å². The number of hydrogen-bond donors (Lipinski definition) is 1. The predicted octanol–water partition coefficient (Wildman–Crippen LogP) is 2.05. The zero-order chi connectivity index (χ0) is 15.5. The topological polar surface area (TPSA) is 81.4 Å². The normalized spacial score (nSPS) is 23.4. The van der Waals surface area contributed by atoms with E-state index in [2.05, 4.69) is 27.3 Å². The number of aromatic nitrogens is 4. The van der Waals surface area contributed by atoms with Crippen LogP contribution in [0.2, 0.25) is 0 Å². The number of carbonyl (C=O) groups is 1. The fourth-order valence-electron chi connectivity index (χ4n) is 2.85. The molecule has 3 rings (SSSR count). The minimum Gasteiger partial charge on any atom is -0.365 e. The van der Waals surface area contributed by atoms with E-state index in [0.29, 0.717) is 11.7 Å². The van der Waals surface area contributed by atoms with Crippen LogP contribution in [-0.2, 0) is 9.53 Å². The fraction of sp³-hybridized carbons (Fsp3) is 0.600. The van der Waals surface area contributed by atoms with Crippen molar-refractivity contribution in [2.24, 2.45) is 5.92 Å². The lowest BCUT2D eigenvalue weighted by Crippen LogP contribution is -2.34. The van der Waals surface area contributed by atoms with Gasteiger partial charge in [-0.2, -0.15) is 4.98 Å². The molecular weight excluding hydrogens is 282 g/mol. The molecule has 0 unspecified atom stereocenters. The number of anilines is 1. The number of rotatable bonds is 4. The summed E-state index contributed by atoms with van der Waals surface area (Å²) >= 11 is 0. The van der Waals surface area contributed by atoms with Gasteiger partial charge in [0.2, 0.25) is 0 Å². The Kier molecular flexibility index (Phi) is 4.33. The minimum absolute atomic E-state index is 0.167. The van der Waals surface area contributed by atoms with Gasteiger partial charge in [0.05, 0.1) is 6.10 Å². The third-order valence-corrected chi connectivity index (χ3v) is 4.01. The summed E-state index contributed by atoms with van der Waals surface area (Å²) in [6.45, 7) is 4.00. The maximum Gasteiger partial charge on any atom is 0.255 e. The van der Waals surface area contributed by atoms with Crippen LogP contribution in [-0.4, -0.2) is 37.7 Å². The molecule has 1 aliphatic rings. The van der Waals surface area contributed by atoms with Crippen molar-refractivity contribution in [3.63, 3.8) is 0 Å². The average Bonchev–Trinajstić information content (AvgIpc) is 2.89. The van der Waals surface area contributed by atoms with Crippen molar-refractivity contribution in [1.82, 2.24) is 19.6 Å². The summed E-state index contributed by atoms with van der Waals surface area (Å²) in [6, 6.07) is 1.75. The van der Waals surface area contributed by atoms with E-state index in [1.165, 1.54) is 17.4 Å². The Morgan fingerprint density at radius 3 is 3.14 bits per heavy atom. The molecule has 1 fully saturated rings. The first-order valence-corrected chi connectivity index (χ1v) is 7.75. The van der Waals surface area contributed by atoms with Gasteiger partial charge < -0.3 is 4.74 Å². The Balaban J connectivity index is 1.58. The van der Waals surface area contributed by atoms with Gasteiger partial charge in [0.25, 0.3) is 17.6 Å². The highest BCUT2D eigenvalue weighted by molar-refractivity contribution is 5.92. The highest BCUT2D eigenvalue weighted by Gasteiger charge is 2.24. The van der Waals surface area contributed by atoms with Gasteiger partial charge in [-0.25, -0.2) is 9.50 Å². The van der Waals surface area contributed by atoms with Gasteiger partial charge in [0.15, 0.2) is 0 Å². The molecular formula is C15H21N5O2. The molecule has 7 heteroatoms. The number of ether oxygens (including phenoxy) is 1. The summed E-state index contributed by atoms with van der Waals surface area (Å²) in [6.07, 6.45) is 7.47. The van der Waals surface area contributed by atoms with Gasteiger partial charge in [0, 0.05) is 12.4 Å². The second-order valence-electron chi connectivity index (χ2n) is 5.96. The third kappa shape index (κ3) is 3.41. The lowest BCUT2D eigenvalue weighted by atomic mass is 9.88. The average molecular weight is 303 g/mol. The van der Waals surface area contributed by atoms with Crippen molar-refractivity contribution in [2.75, 3.05) is 5.32 Å². The smallest absolute Gasteiger partial charge is 0.255 e. The lowest BCUT2D eigenvalue weighted by Gasteiger charge is -2.28. The zero-order valence-corrected chi connectivity index (χ0v) is 12.9. The fourth-order valence-corrected chi connectivity index (χ4v) is 2.85. The first-order chi connectivity index (χ1) is 10.6. The van der Waals surface area contributed by atoms with Gasteiger partial charge in [-0.05, 0) is 31.7 Å². The second kappa shape index (κ2) is 6.39. The summed E-state index contributed by atoms with van der Waals surface area (Å²) in [5.41, 5.74) is 0. The van der Waals surface area contributed by atoms with Crippen molar-refractivity contribution in [3.05, 3.63) is 18.5 Å². The molecule has 0 radical (unpaired) electrons. The molecule has 0 spiro atoms. The standard InChI is InChI=1S/C15H21N5O2/c1-10-5-3-6-12(9-10)22-11(2)13(21)17-14-18-15-16-7-4-8-20(15)19-14/h4,7-8,10-12H,3,5-6,9H2,1-2H3,(H,17,19,21)/t10-,11-,12-/m1/s1. The van der Waals surface area contributed by atoms with E-state index in [9.17, 15) is 4.79 Å². The quantitative estimate of drug-likeness (QED) is 0.935. The second-order valence-corrected chi connectivity index (χ2v) is 5.96. The van der Waals surface area contributed by atoms with Crippen LogP contribution < -0.4 is 5.32 Å². The van der Waals surface area contributed by atoms with Crippen LogP contribution >= 0.6 is 0 Å². The summed E-state index contributed by atoms with van der Waals surface area (Å²) < 4.78 is 7.40. The highest BCUT2D eigenvalue weighted by atomic mass is 16.5. The molecule has 2 aromatic rings. The van der Waals surface area contributed by atoms with E-state index in [1.807, 2.05) is 0 Å². The lowest BCUT2D eigenvalue weighted by molar-refractivity contribution is -0.131. The Hall–Kier alpha value is -2.02. The van der Waals surface area contributed by atoms with E-state index >= 15 is 0 Å². The summed E-state index contributed by atoms with van der Waals surface area (Å²) in [4.78, 5) is 20.4. The number of hydrogen-bond acceptors (Lipinski definition) is 5. The van der Waals surface area contributed by atoms with E-state index in [1.54, 1.807) is 25.4 Å². The first-order valence-electron chi connectivity index (χ1n) is 7.75. The molecule has 1 N–H and O–H groups in total. The van der Waals surface area contributed by atoms with Crippen LogP contribution in [0.1, 0.15) is 39.5 Å². The molecule has 3 atom stereocenters. The molecule has 0 saturated heterocycles. The Morgan fingerprint density at radius 1 is 1.50 bits per heavy atom. The van der Waals surface area contributed by atoms with E-state index < -0.39 is 6.10 Å². The van der Waals surface area contributed by atoms with Crippen LogP contribution in [0.25, 0.3) is 5.78 Å². The van der Waals surface area contributed by atoms with Gasteiger partial charge in [0.1, 0.15) is 6.10 Å². The Bertz CT molecular complexity index is 623. The molecule has 7 nitrogen and oxygen atoms in total. The Labute approximate surface area is 129 Å². The summed E-state index contributed by atoms with van der Waals surface area (Å²) in [5.74, 6) is 1.14. The maximum absolute atomic E-state index is 12.2. The van der Waals surface area contributed by atoms with E-state index in [4.69, 9.17) is 4.74 Å². The molecule has 1 aliphatic carbocycles. The molecule has 1 amide bonds. The van der Waals surface area contributed by atoms with Crippen molar-refractivity contribution in [3.8, 4) is 0 Å². The molecule has 22 heavy (non-hydrogen) atoms. The predicted molar refractivity (Wildman–Crippen MR) is 81.4 cm³/mol. The molecule has 118 valence electrons. The van der Waals surface area contributed by atoms with Crippen LogP contribution in [0, 0.1) is 5.92 Å². The van der Waals surface area contributed by atoms with Gasteiger partial charge in [-0.15, -0.1) is 5.10 Å². The monoisotopic (exact) mass is 303 g/mol. The summed E-state index contributed by atoms with van der Waals surface area (Å²) in [7, 11) is 0. The van der Waals surface area contributed by atoms with Crippen LogP contribution in [0.15, 0.2) is 18.5 Å². The number of amides is 1. The molecule has 0 bridgehead atoms. The SMILES string of the molecule is C[C@@H]1CCC[C@@H](O[C@H](C)C(=O)Nc2nc3ncccn3n2)C1. The number of carbonyl (C=O) groups excluding carboxylic acids is 1.